The van der Waals surface area contributed by atoms with Crippen LogP contribution in [0.25, 0.3) is 11.3 Å². The third-order valence-electron chi connectivity index (χ3n) is 2.61. The number of H-pyrrole nitrogens is 1. The van der Waals surface area contributed by atoms with E-state index in [2.05, 4.69) is 10.2 Å². The molecule has 0 spiro atoms. The Bertz CT molecular complexity index is 726. The van der Waals surface area contributed by atoms with Crippen LogP contribution in [0, 0.1) is 5.82 Å². The van der Waals surface area contributed by atoms with E-state index in [0.717, 1.165) is 6.07 Å². The summed E-state index contributed by atoms with van der Waals surface area (Å²) in [5.74, 6) is -1.37. The first-order valence-corrected chi connectivity index (χ1v) is 7.27. The first-order valence-electron chi connectivity index (χ1n) is 5.79. The van der Waals surface area contributed by atoms with Crippen molar-refractivity contribution in [2.75, 3.05) is 0 Å². The fraction of sp³-hybridized carbons (Fsp3) is 0.167. The summed E-state index contributed by atoms with van der Waals surface area (Å²) >= 11 is 0. The van der Waals surface area contributed by atoms with Gasteiger partial charge in [-0.25, -0.2) is 17.5 Å². The van der Waals surface area contributed by atoms with Gasteiger partial charge >= 0.3 is 0 Å². The molecule has 106 valence electrons. The van der Waals surface area contributed by atoms with E-state index in [1.807, 2.05) is 4.72 Å². The summed E-state index contributed by atoms with van der Waals surface area (Å²) in [5, 5.41) is 6.28. The van der Waals surface area contributed by atoms with Crippen LogP contribution in [0.2, 0.25) is 0 Å². The Morgan fingerprint density at radius 2 is 2.15 bits per heavy atom. The summed E-state index contributed by atoms with van der Waals surface area (Å²) in [6.07, 6.45) is 1.48. The van der Waals surface area contributed by atoms with Gasteiger partial charge in [0.15, 0.2) is 0 Å². The molecule has 1 aromatic carbocycles. The second kappa shape index (κ2) is 5.41. The zero-order chi connectivity index (χ0) is 14.8. The van der Waals surface area contributed by atoms with Crippen LogP contribution in [0.5, 0.6) is 0 Å². The molecule has 0 aliphatic heterocycles. The minimum atomic E-state index is -4.05. The Labute approximate surface area is 115 Å². The number of aromatic nitrogens is 2. The molecule has 6 nitrogen and oxygen atoms in total. The molecule has 0 saturated heterocycles. The predicted octanol–water partition coefficient (Wildman–Crippen LogP) is 1.43. The second-order valence-electron chi connectivity index (χ2n) is 3.99. The Morgan fingerprint density at radius 1 is 1.40 bits per heavy atom. The molecule has 0 atom stereocenters. The standard InChI is InChI=1S/C12H12FN3O3S/c1-2-12(17)16-20(18,19)8-3-4-9(10(13)7-8)11-5-6-14-15-11/h3-7H,2H2,1H3,(H,14,15)(H,16,17). The normalized spacial score (nSPS) is 11.3. The number of carbonyl (C=O) groups excluding carboxylic acids is 1. The van der Waals surface area contributed by atoms with Crippen LogP contribution >= 0.6 is 0 Å². The van der Waals surface area contributed by atoms with E-state index in [4.69, 9.17) is 0 Å². The molecule has 0 fully saturated rings. The maximum Gasteiger partial charge on any atom is 0.264 e. The molecule has 0 unspecified atom stereocenters. The van der Waals surface area contributed by atoms with E-state index in [1.165, 1.54) is 25.3 Å². The van der Waals surface area contributed by atoms with Crippen LogP contribution in [-0.4, -0.2) is 24.5 Å². The largest absolute Gasteiger partial charge is 0.278 e. The molecule has 1 heterocycles. The number of amides is 1. The van der Waals surface area contributed by atoms with Crippen LogP contribution in [0.15, 0.2) is 35.4 Å². The second-order valence-corrected chi connectivity index (χ2v) is 5.68. The average Bonchev–Trinajstić information content (AvgIpc) is 2.91. The molecule has 2 N–H and O–H groups in total. The van der Waals surface area contributed by atoms with Gasteiger partial charge in [-0.1, -0.05) is 6.92 Å². The molecule has 2 aromatic rings. The lowest BCUT2D eigenvalue weighted by atomic mass is 10.1. The minimum Gasteiger partial charge on any atom is -0.278 e. The molecule has 0 bridgehead atoms. The summed E-state index contributed by atoms with van der Waals surface area (Å²) in [4.78, 5) is 10.8. The van der Waals surface area contributed by atoms with Gasteiger partial charge in [-0.05, 0) is 24.3 Å². The highest BCUT2D eigenvalue weighted by atomic mass is 32.2. The molecule has 1 aromatic heterocycles. The van der Waals surface area contributed by atoms with Gasteiger partial charge in [-0.3, -0.25) is 9.89 Å². The third-order valence-corrected chi connectivity index (χ3v) is 3.98. The first kappa shape index (κ1) is 14.2. The maximum atomic E-state index is 13.9. The van der Waals surface area contributed by atoms with Gasteiger partial charge in [0.1, 0.15) is 5.82 Å². The average molecular weight is 297 g/mol. The molecule has 1 amide bonds. The van der Waals surface area contributed by atoms with Crippen molar-refractivity contribution >= 4 is 15.9 Å². The van der Waals surface area contributed by atoms with Crippen molar-refractivity contribution < 1.29 is 17.6 Å². The summed E-state index contributed by atoms with van der Waals surface area (Å²) in [6.45, 7) is 1.52. The molecule has 0 radical (unpaired) electrons. The zero-order valence-electron chi connectivity index (χ0n) is 10.6. The maximum absolute atomic E-state index is 13.9. The lowest BCUT2D eigenvalue weighted by Crippen LogP contribution is -2.29. The van der Waals surface area contributed by atoms with E-state index < -0.39 is 21.7 Å². The molecule has 0 aliphatic carbocycles. The highest BCUT2D eigenvalue weighted by Gasteiger charge is 2.19. The summed E-state index contributed by atoms with van der Waals surface area (Å²) in [7, 11) is -4.05. The summed E-state index contributed by atoms with van der Waals surface area (Å²) in [5.41, 5.74) is 0.632. The quantitative estimate of drug-likeness (QED) is 0.893. The lowest BCUT2D eigenvalue weighted by Gasteiger charge is -2.07. The monoisotopic (exact) mass is 297 g/mol. The number of rotatable bonds is 4. The molecular weight excluding hydrogens is 285 g/mol. The summed E-state index contributed by atoms with van der Waals surface area (Å²) < 4.78 is 39.5. The van der Waals surface area contributed by atoms with E-state index in [-0.39, 0.29) is 16.9 Å². The SMILES string of the molecule is CCC(=O)NS(=O)(=O)c1ccc(-c2ccn[nH]2)c(F)c1. The highest BCUT2D eigenvalue weighted by Crippen LogP contribution is 2.23. The Balaban J connectivity index is 2.37. The summed E-state index contributed by atoms with van der Waals surface area (Å²) in [6, 6.07) is 4.96. The Kier molecular flexibility index (Phi) is 3.84. The van der Waals surface area contributed by atoms with Gasteiger partial charge in [0.25, 0.3) is 10.0 Å². The number of halogens is 1. The number of carbonyl (C=O) groups is 1. The van der Waals surface area contributed by atoms with Crippen LogP contribution < -0.4 is 4.72 Å². The van der Waals surface area contributed by atoms with Crippen molar-refractivity contribution in [1.29, 1.82) is 0 Å². The fourth-order valence-electron chi connectivity index (χ4n) is 1.57. The molecule has 8 heteroatoms. The number of benzene rings is 1. The van der Waals surface area contributed by atoms with Gasteiger partial charge in [-0.15, -0.1) is 0 Å². The Hall–Kier alpha value is -2.22. The van der Waals surface area contributed by atoms with Crippen LogP contribution in [-0.2, 0) is 14.8 Å². The van der Waals surface area contributed by atoms with Crippen molar-refractivity contribution in [3.05, 3.63) is 36.3 Å². The van der Waals surface area contributed by atoms with Crippen molar-refractivity contribution in [1.82, 2.24) is 14.9 Å². The number of hydrogen-bond donors (Lipinski definition) is 2. The van der Waals surface area contributed by atoms with E-state index >= 15 is 0 Å². The molecule has 20 heavy (non-hydrogen) atoms. The topological polar surface area (TPSA) is 91.9 Å². The van der Waals surface area contributed by atoms with Gasteiger partial charge in [0, 0.05) is 18.2 Å². The number of sulfonamides is 1. The van der Waals surface area contributed by atoms with E-state index in [0.29, 0.717) is 5.69 Å². The van der Waals surface area contributed by atoms with E-state index in [9.17, 15) is 17.6 Å². The van der Waals surface area contributed by atoms with Gasteiger partial charge < -0.3 is 0 Å². The number of aromatic amines is 1. The van der Waals surface area contributed by atoms with Crippen LogP contribution in [0.1, 0.15) is 13.3 Å². The molecular formula is C12H12FN3O3S. The van der Waals surface area contributed by atoms with Crippen molar-refractivity contribution in [2.45, 2.75) is 18.2 Å². The van der Waals surface area contributed by atoms with Crippen LogP contribution in [0.3, 0.4) is 0 Å². The van der Waals surface area contributed by atoms with Gasteiger partial charge in [0.05, 0.1) is 10.6 Å². The van der Waals surface area contributed by atoms with Gasteiger partial charge in [0.2, 0.25) is 5.91 Å². The van der Waals surface area contributed by atoms with Crippen molar-refractivity contribution in [2.24, 2.45) is 0 Å². The highest BCUT2D eigenvalue weighted by molar-refractivity contribution is 7.90. The number of nitrogens with one attached hydrogen (secondary N) is 2. The first-order chi connectivity index (χ1) is 9.44. The predicted molar refractivity (Wildman–Crippen MR) is 69.6 cm³/mol. The lowest BCUT2D eigenvalue weighted by molar-refractivity contribution is -0.119. The zero-order valence-corrected chi connectivity index (χ0v) is 11.4. The molecule has 0 aliphatic rings. The number of hydrogen-bond acceptors (Lipinski definition) is 4. The molecule has 2 rings (SSSR count). The number of nitrogens with zero attached hydrogens (tertiary/aromatic N) is 1. The Morgan fingerprint density at radius 3 is 2.70 bits per heavy atom. The third kappa shape index (κ3) is 2.85. The van der Waals surface area contributed by atoms with Crippen molar-refractivity contribution in [3.63, 3.8) is 0 Å². The molecule has 0 saturated carbocycles. The smallest absolute Gasteiger partial charge is 0.264 e. The van der Waals surface area contributed by atoms with Crippen molar-refractivity contribution in [3.8, 4) is 11.3 Å². The minimum absolute atomic E-state index is 0.0218. The van der Waals surface area contributed by atoms with Crippen LogP contribution in [0.4, 0.5) is 4.39 Å². The fourth-order valence-corrected chi connectivity index (χ4v) is 2.64. The van der Waals surface area contributed by atoms with Gasteiger partial charge in [-0.2, -0.15) is 5.10 Å². The van der Waals surface area contributed by atoms with E-state index in [1.54, 1.807) is 6.07 Å².